The summed E-state index contributed by atoms with van der Waals surface area (Å²) in [6.45, 7) is 1.45. The number of furan rings is 1. The van der Waals surface area contributed by atoms with Crippen molar-refractivity contribution in [2.24, 2.45) is 0 Å². The van der Waals surface area contributed by atoms with E-state index >= 15 is 0 Å². The molecule has 0 spiro atoms. The summed E-state index contributed by atoms with van der Waals surface area (Å²) in [5, 5.41) is 0. The van der Waals surface area contributed by atoms with E-state index in [0.29, 0.717) is 17.1 Å². The molecule has 1 aromatic heterocycles. The molecule has 0 saturated carbocycles. The smallest absolute Gasteiger partial charge is 0.194 e. The zero-order valence-corrected chi connectivity index (χ0v) is 8.86. The first-order valence-electron chi connectivity index (χ1n) is 4.83. The molecule has 0 bridgehead atoms. The number of carbonyl (C=O) groups is 1. The molecule has 4 heteroatoms. The number of ketones is 1. The van der Waals surface area contributed by atoms with E-state index in [2.05, 4.69) is 0 Å². The Bertz CT molecular complexity index is 544. The molecule has 0 aliphatic carbocycles. The first-order chi connectivity index (χ1) is 7.58. The largest absolute Gasteiger partial charge is 0.461 e. The fourth-order valence-electron chi connectivity index (χ4n) is 1.49. The van der Waals surface area contributed by atoms with Crippen molar-refractivity contribution in [3.63, 3.8) is 0 Å². The lowest BCUT2D eigenvalue weighted by Gasteiger charge is -2.03. The highest BCUT2D eigenvalue weighted by molar-refractivity contribution is 5.93. The molecule has 4 N–H and O–H groups in total. The van der Waals surface area contributed by atoms with Gasteiger partial charge in [0.15, 0.2) is 11.5 Å². The van der Waals surface area contributed by atoms with Crippen LogP contribution in [0.15, 0.2) is 34.9 Å². The van der Waals surface area contributed by atoms with Crippen molar-refractivity contribution in [1.29, 1.82) is 0 Å². The first-order valence-corrected chi connectivity index (χ1v) is 4.83. The predicted molar refractivity (Wildman–Crippen MR) is 63.0 cm³/mol. The van der Waals surface area contributed by atoms with Gasteiger partial charge >= 0.3 is 0 Å². The van der Waals surface area contributed by atoms with Crippen molar-refractivity contribution in [3.05, 3.63) is 36.3 Å². The van der Waals surface area contributed by atoms with Crippen LogP contribution in [0.25, 0.3) is 11.1 Å². The number of benzene rings is 1. The molecule has 0 radical (unpaired) electrons. The predicted octanol–water partition coefficient (Wildman–Crippen LogP) is 2.31. The Morgan fingerprint density at radius 2 is 2.00 bits per heavy atom. The van der Waals surface area contributed by atoms with Gasteiger partial charge in [-0.1, -0.05) is 0 Å². The van der Waals surface area contributed by atoms with Crippen molar-refractivity contribution in [3.8, 4) is 11.1 Å². The van der Waals surface area contributed by atoms with Crippen LogP contribution in [0.4, 0.5) is 11.4 Å². The van der Waals surface area contributed by atoms with Gasteiger partial charge in [-0.25, -0.2) is 0 Å². The second-order valence-electron chi connectivity index (χ2n) is 3.60. The summed E-state index contributed by atoms with van der Waals surface area (Å²) in [4.78, 5) is 11.1. The van der Waals surface area contributed by atoms with E-state index in [1.807, 2.05) is 0 Å². The second-order valence-corrected chi connectivity index (χ2v) is 3.60. The molecule has 0 aliphatic rings. The molecule has 82 valence electrons. The molecule has 0 fully saturated rings. The van der Waals surface area contributed by atoms with Crippen LogP contribution in [-0.4, -0.2) is 5.78 Å². The molecule has 0 saturated heterocycles. The van der Waals surface area contributed by atoms with Crippen molar-refractivity contribution in [2.75, 3.05) is 11.5 Å². The Kier molecular flexibility index (Phi) is 2.40. The molecule has 0 unspecified atom stereocenters. The average molecular weight is 216 g/mol. The number of hydrogen-bond donors (Lipinski definition) is 2. The molecule has 0 amide bonds. The molecule has 2 aromatic rings. The van der Waals surface area contributed by atoms with Crippen molar-refractivity contribution in [2.45, 2.75) is 6.92 Å². The highest BCUT2D eigenvalue weighted by Gasteiger charge is 2.10. The minimum atomic E-state index is -0.117. The molecular weight excluding hydrogens is 204 g/mol. The number of nitrogens with two attached hydrogens (primary N) is 2. The molecular formula is C12H12N2O2. The number of carbonyl (C=O) groups excluding carboxylic acids is 1. The Morgan fingerprint density at radius 1 is 1.25 bits per heavy atom. The Labute approximate surface area is 92.9 Å². The SMILES string of the molecule is CC(=O)c1cc(-c2cc(N)ccc2N)co1. The highest BCUT2D eigenvalue weighted by Crippen LogP contribution is 2.29. The van der Waals surface area contributed by atoms with Crippen molar-refractivity contribution >= 4 is 17.2 Å². The molecule has 0 atom stereocenters. The quantitative estimate of drug-likeness (QED) is 0.596. The molecule has 1 heterocycles. The topological polar surface area (TPSA) is 82.2 Å². The fraction of sp³-hybridized carbons (Fsp3) is 0.0833. The molecule has 2 rings (SSSR count). The average Bonchev–Trinajstić information content (AvgIpc) is 2.70. The lowest BCUT2D eigenvalue weighted by atomic mass is 10.1. The summed E-state index contributed by atoms with van der Waals surface area (Å²) in [7, 11) is 0. The van der Waals surface area contributed by atoms with Gasteiger partial charge < -0.3 is 15.9 Å². The van der Waals surface area contributed by atoms with E-state index in [-0.39, 0.29) is 5.78 Å². The summed E-state index contributed by atoms with van der Waals surface area (Å²) in [5.74, 6) is 0.200. The first kappa shape index (κ1) is 10.3. The third-order valence-electron chi connectivity index (χ3n) is 2.33. The van der Waals surface area contributed by atoms with Gasteiger partial charge in [0, 0.05) is 29.4 Å². The van der Waals surface area contributed by atoms with Crippen molar-refractivity contribution < 1.29 is 9.21 Å². The summed E-state index contributed by atoms with van der Waals surface area (Å²) in [6, 6.07) is 6.87. The van der Waals surface area contributed by atoms with Crippen LogP contribution < -0.4 is 11.5 Å². The zero-order valence-electron chi connectivity index (χ0n) is 8.86. The minimum absolute atomic E-state index is 0.117. The van der Waals surface area contributed by atoms with Gasteiger partial charge in [0.1, 0.15) is 0 Å². The molecule has 1 aromatic carbocycles. The second kappa shape index (κ2) is 3.73. The lowest BCUT2D eigenvalue weighted by molar-refractivity contribution is 0.0987. The highest BCUT2D eigenvalue weighted by atomic mass is 16.3. The molecule has 0 aliphatic heterocycles. The normalized spacial score (nSPS) is 10.3. The van der Waals surface area contributed by atoms with E-state index in [1.165, 1.54) is 13.2 Å². The summed E-state index contributed by atoms with van der Waals surface area (Å²) < 4.78 is 5.13. The van der Waals surface area contributed by atoms with Gasteiger partial charge in [0.25, 0.3) is 0 Å². The number of anilines is 2. The standard InChI is InChI=1S/C12H12N2O2/c1-7(15)12-4-8(6-16-12)10-5-9(13)2-3-11(10)14/h2-6H,13-14H2,1H3. The number of Topliss-reactive ketones (excluding diaryl/α,β-unsaturated/α-hetero) is 1. The Hall–Kier alpha value is -2.23. The Morgan fingerprint density at radius 3 is 2.62 bits per heavy atom. The van der Waals surface area contributed by atoms with Gasteiger partial charge in [-0.2, -0.15) is 0 Å². The van der Waals surface area contributed by atoms with Crippen LogP contribution >= 0.6 is 0 Å². The zero-order chi connectivity index (χ0) is 11.7. The summed E-state index contributed by atoms with van der Waals surface area (Å²) in [6.07, 6.45) is 1.50. The number of nitrogen functional groups attached to an aromatic ring is 2. The molecule has 4 nitrogen and oxygen atoms in total. The summed E-state index contributed by atoms with van der Waals surface area (Å²) in [5.41, 5.74) is 14.3. The minimum Gasteiger partial charge on any atom is -0.461 e. The van der Waals surface area contributed by atoms with Gasteiger partial charge in [0.05, 0.1) is 6.26 Å². The van der Waals surface area contributed by atoms with Gasteiger partial charge in [-0.05, 0) is 24.3 Å². The molecule has 16 heavy (non-hydrogen) atoms. The van der Waals surface area contributed by atoms with E-state index in [9.17, 15) is 4.79 Å². The van der Waals surface area contributed by atoms with E-state index in [0.717, 1.165) is 11.1 Å². The van der Waals surface area contributed by atoms with Gasteiger partial charge in [-0.15, -0.1) is 0 Å². The maximum Gasteiger partial charge on any atom is 0.194 e. The third-order valence-corrected chi connectivity index (χ3v) is 2.33. The van der Waals surface area contributed by atoms with Gasteiger partial charge in [0.2, 0.25) is 0 Å². The van der Waals surface area contributed by atoms with Crippen LogP contribution in [0.3, 0.4) is 0 Å². The van der Waals surface area contributed by atoms with Crippen LogP contribution in [0.5, 0.6) is 0 Å². The third kappa shape index (κ3) is 1.77. The maximum atomic E-state index is 11.1. The number of hydrogen-bond acceptors (Lipinski definition) is 4. The van der Waals surface area contributed by atoms with E-state index < -0.39 is 0 Å². The lowest BCUT2D eigenvalue weighted by Crippen LogP contribution is -1.92. The van der Waals surface area contributed by atoms with Crippen LogP contribution in [-0.2, 0) is 0 Å². The van der Waals surface area contributed by atoms with Gasteiger partial charge in [-0.3, -0.25) is 4.79 Å². The van der Waals surface area contributed by atoms with Crippen LogP contribution in [0.2, 0.25) is 0 Å². The van der Waals surface area contributed by atoms with Crippen molar-refractivity contribution in [1.82, 2.24) is 0 Å². The maximum absolute atomic E-state index is 11.1. The fourth-order valence-corrected chi connectivity index (χ4v) is 1.49. The Balaban J connectivity index is 2.50. The van der Waals surface area contributed by atoms with E-state index in [1.54, 1.807) is 24.3 Å². The van der Waals surface area contributed by atoms with Crippen LogP contribution in [0.1, 0.15) is 17.5 Å². The summed E-state index contributed by atoms with van der Waals surface area (Å²) >= 11 is 0. The monoisotopic (exact) mass is 216 g/mol. The van der Waals surface area contributed by atoms with E-state index in [4.69, 9.17) is 15.9 Å². The number of rotatable bonds is 2. The van der Waals surface area contributed by atoms with Crippen LogP contribution in [0, 0.1) is 0 Å².